The van der Waals surface area contributed by atoms with Gasteiger partial charge in [-0.25, -0.2) is 19.7 Å². The molecule has 4 N–H and O–H groups in total. The number of amides is 5. The Morgan fingerprint density at radius 3 is 2.27 bits per heavy atom. The predicted molar refractivity (Wildman–Crippen MR) is 286 cm³/mol. The zero-order valence-corrected chi connectivity index (χ0v) is 44.3. The highest BCUT2D eigenvalue weighted by atomic mass is 35.5. The van der Waals surface area contributed by atoms with Gasteiger partial charge in [-0.3, -0.25) is 24.1 Å². The summed E-state index contributed by atoms with van der Waals surface area (Å²) in [5.74, 6) is 1.04. The molecule has 5 aromatic rings. The minimum absolute atomic E-state index is 0.0745. The number of methoxy groups -OCH3 is 2. The second-order valence-electron chi connectivity index (χ2n) is 18.4. The quantitative estimate of drug-likeness (QED) is 0.0614. The van der Waals surface area contributed by atoms with Crippen LogP contribution >= 0.6 is 34.5 Å². The zero-order valence-electron chi connectivity index (χ0n) is 42.0. The highest BCUT2D eigenvalue weighted by molar-refractivity contribution is 7.10. The summed E-state index contributed by atoms with van der Waals surface area (Å²) in [6, 6.07) is 15.8. The molecule has 19 nitrogen and oxygen atoms in total. The Balaban J connectivity index is 0.807. The molecule has 2 aromatic heterocycles. The third-order valence-electron chi connectivity index (χ3n) is 13.8. The number of halogens is 2. The number of ketones is 1. The van der Waals surface area contributed by atoms with Crippen molar-refractivity contribution in [2.75, 3.05) is 88.1 Å². The summed E-state index contributed by atoms with van der Waals surface area (Å²) < 4.78 is 16.5. The standard InChI is InChI=1S/C52H61Cl2N11O8S/c1-31(55-2)49(68)60-46(32-11-7-6-8-12-32)51(69)65-20-10-15-38(65)50-59-37(29-74-50)48(67)33-13-9-14-36(25-33)73-28-43(66)64-23-21-63(22-24-64)35-18-16-34(17-19-35)58-41-27-42(57-30-56-41)62(3)52(70)61-47-44(53)39(71-4)26-40(72-5)45(47)54/h9,13-14,16-19,25-27,29-32,38,46,55H,6-8,10-12,15,20-24,28H2,1-5H3,(H,60,68)(H,61,70)(H,56,57,58)/t31-,38-,46-/m0/s1. The average Bonchev–Trinajstić information content (AvgIpc) is 4.14. The van der Waals surface area contributed by atoms with E-state index >= 15 is 0 Å². The van der Waals surface area contributed by atoms with Crippen LogP contribution in [0.4, 0.5) is 33.5 Å². The lowest BCUT2D eigenvalue weighted by Gasteiger charge is -2.36. The van der Waals surface area contributed by atoms with Crippen LogP contribution in [0.1, 0.15) is 79.0 Å². The SMILES string of the molecule is CN[C@@H](C)C(=O)N[C@H](C(=O)N1CCC[C@H]1c1nc(C(=O)c2cccc(OCC(=O)N3CCN(c4ccc(Nc5cc(N(C)C(=O)Nc6c(Cl)c(OC)cc(OC)c6Cl)ncn5)cc4)CC3)c2)cs1)C1CCCCC1. The van der Waals surface area contributed by atoms with Gasteiger partial charge in [0.1, 0.15) is 62.0 Å². The second-order valence-corrected chi connectivity index (χ2v) is 20.0. The highest BCUT2D eigenvalue weighted by Crippen LogP contribution is 2.44. The molecule has 74 heavy (non-hydrogen) atoms. The Morgan fingerprint density at radius 1 is 0.865 bits per heavy atom. The number of piperazine rings is 1. The number of benzene rings is 3. The monoisotopic (exact) mass is 1070 g/mol. The van der Waals surface area contributed by atoms with Crippen molar-refractivity contribution in [3.8, 4) is 17.2 Å². The largest absolute Gasteiger partial charge is 0.495 e. The van der Waals surface area contributed by atoms with Crippen LogP contribution in [0.3, 0.4) is 0 Å². The number of likely N-dealkylation sites (tertiary alicyclic amines) is 1. The molecule has 0 unspecified atom stereocenters. The molecule has 0 spiro atoms. The van der Waals surface area contributed by atoms with Crippen LogP contribution in [0.2, 0.25) is 10.0 Å². The van der Waals surface area contributed by atoms with Gasteiger partial charge in [0.2, 0.25) is 17.6 Å². The Kier molecular flexibility index (Phi) is 17.7. The van der Waals surface area contributed by atoms with Gasteiger partial charge in [0.05, 0.1) is 32.0 Å². The molecular formula is C52H61Cl2N11O8S. The number of carbonyl (C=O) groups is 5. The number of nitrogens with one attached hydrogen (secondary N) is 4. The summed E-state index contributed by atoms with van der Waals surface area (Å²) in [6.45, 7) is 4.37. The van der Waals surface area contributed by atoms with Crippen molar-refractivity contribution in [2.24, 2.45) is 5.92 Å². The van der Waals surface area contributed by atoms with Crippen molar-refractivity contribution in [1.29, 1.82) is 0 Å². The van der Waals surface area contributed by atoms with Gasteiger partial charge in [-0.05, 0) is 82.0 Å². The van der Waals surface area contributed by atoms with E-state index in [1.807, 2.05) is 29.2 Å². The van der Waals surface area contributed by atoms with Crippen LogP contribution in [0, 0.1) is 5.92 Å². The van der Waals surface area contributed by atoms with E-state index < -0.39 is 18.1 Å². The zero-order chi connectivity index (χ0) is 52.5. The third kappa shape index (κ3) is 12.4. The molecule has 2 saturated heterocycles. The molecule has 3 aliphatic rings. The van der Waals surface area contributed by atoms with Crippen LogP contribution in [0.5, 0.6) is 17.2 Å². The molecule has 1 saturated carbocycles. The van der Waals surface area contributed by atoms with Crippen molar-refractivity contribution in [3.63, 3.8) is 0 Å². The number of nitrogens with zero attached hydrogens (tertiary/aromatic N) is 7. The number of hydrogen-bond donors (Lipinski definition) is 4. The second kappa shape index (κ2) is 24.5. The molecule has 8 rings (SSSR count). The molecule has 2 aliphatic heterocycles. The van der Waals surface area contributed by atoms with Gasteiger partial charge >= 0.3 is 6.03 Å². The lowest BCUT2D eigenvalue weighted by molar-refractivity contribution is -0.139. The Morgan fingerprint density at radius 2 is 1.58 bits per heavy atom. The number of ether oxygens (including phenoxy) is 3. The van der Waals surface area contributed by atoms with Gasteiger partial charge in [0, 0.05) is 74.2 Å². The van der Waals surface area contributed by atoms with Crippen LogP contribution < -0.4 is 45.3 Å². The number of hydrogen-bond acceptors (Lipinski definition) is 15. The predicted octanol–water partition coefficient (Wildman–Crippen LogP) is 7.96. The first-order valence-corrected chi connectivity index (χ1v) is 26.3. The molecule has 392 valence electrons. The third-order valence-corrected chi connectivity index (χ3v) is 15.5. The van der Waals surface area contributed by atoms with Crippen molar-refractivity contribution in [2.45, 2.75) is 70.0 Å². The summed E-state index contributed by atoms with van der Waals surface area (Å²) in [4.78, 5) is 88.2. The number of urea groups is 1. The minimum Gasteiger partial charge on any atom is -0.495 e. The number of aromatic nitrogens is 3. The van der Waals surface area contributed by atoms with Gasteiger partial charge < -0.3 is 50.2 Å². The lowest BCUT2D eigenvalue weighted by Crippen LogP contribution is -2.55. The van der Waals surface area contributed by atoms with Gasteiger partial charge in [-0.15, -0.1) is 11.3 Å². The molecular weight excluding hydrogens is 1010 g/mol. The molecule has 3 aromatic carbocycles. The van der Waals surface area contributed by atoms with Crippen molar-refractivity contribution < 1.29 is 38.2 Å². The van der Waals surface area contributed by atoms with Gasteiger partial charge in [-0.2, -0.15) is 0 Å². The van der Waals surface area contributed by atoms with Gasteiger partial charge in [0.15, 0.2) is 6.61 Å². The molecule has 0 radical (unpaired) electrons. The van der Waals surface area contributed by atoms with E-state index in [1.54, 1.807) is 61.6 Å². The fraction of sp³-hybridized carbons (Fsp3) is 0.423. The van der Waals surface area contributed by atoms with E-state index in [-0.39, 0.29) is 75.0 Å². The van der Waals surface area contributed by atoms with E-state index in [2.05, 4.69) is 36.1 Å². The minimum atomic E-state index is -0.608. The molecule has 0 bridgehead atoms. The summed E-state index contributed by atoms with van der Waals surface area (Å²) >= 11 is 14.3. The Bertz CT molecular complexity index is 2800. The molecule has 5 amide bonds. The average molecular weight is 1070 g/mol. The van der Waals surface area contributed by atoms with Gasteiger partial charge in [-0.1, -0.05) is 54.6 Å². The normalized spacial score (nSPS) is 16.7. The first-order chi connectivity index (χ1) is 35.8. The van der Waals surface area contributed by atoms with E-state index in [9.17, 15) is 24.0 Å². The van der Waals surface area contributed by atoms with Crippen molar-refractivity contribution >= 4 is 92.8 Å². The van der Waals surface area contributed by atoms with E-state index in [1.165, 1.54) is 42.8 Å². The lowest BCUT2D eigenvalue weighted by atomic mass is 9.83. The fourth-order valence-electron chi connectivity index (χ4n) is 9.39. The maximum atomic E-state index is 14.2. The topological polar surface area (TPSA) is 213 Å². The summed E-state index contributed by atoms with van der Waals surface area (Å²) in [5, 5.41) is 14.7. The van der Waals surface area contributed by atoms with Crippen LogP contribution in [-0.4, -0.2) is 134 Å². The van der Waals surface area contributed by atoms with Crippen LogP contribution in [0.25, 0.3) is 0 Å². The molecule has 1 aliphatic carbocycles. The van der Waals surface area contributed by atoms with E-state index in [4.69, 9.17) is 42.4 Å². The summed E-state index contributed by atoms with van der Waals surface area (Å²) in [5.41, 5.74) is 2.52. The van der Waals surface area contributed by atoms with Crippen molar-refractivity contribution in [3.05, 3.63) is 98.7 Å². The number of anilines is 5. The first kappa shape index (κ1) is 53.5. The van der Waals surface area contributed by atoms with E-state index in [0.717, 1.165) is 56.3 Å². The number of carbonyl (C=O) groups excluding carboxylic acids is 5. The number of rotatable bonds is 18. The number of likely N-dealkylation sites (N-methyl/N-ethyl adjacent to an activating group) is 1. The molecule has 3 atom stereocenters. The Labute approximate surface area is 444 Å². The molecule has 3 fully saturated rings. The maximum Gasteiger partial charge on any atom is 0.327 e. The smallest absolute Gasteiger partial charge is 0.327 e. The highest BCUT2D eigenvalue weighted by Gasteiger charge is 2.40. The van der Waals surface area contributed by atoms with E-state index in [0.29, 0.717) is 60.7 Å². The summed E-state index contributed by atoms with van der Waals surface area (Å²) in [6.07, 6.45) is 7.85. The molecule has 4 heterocycles. The maximum absolute atomic E-state index is 14.2. The number of thiazole rings is 1. The first-order valence-electron chi connectivity index (χ1n) is 24.6. The van der Waals surface area contributed by atoms with Crippen molar-refractivity contribution in [1.82, 2.24) is 35.4 Å². The van der Waals surface area contributed by atoms with Crippen LogP contribution in [-0.2, 0) is 14.4 Å². The van der Waals surface area contributed by atoms with Crippen LogP contribution in [0.15, 0.2) is 72.4 Å². The summed E-state index contributed by atoms with van der Waals surface area (Å²) in [7, 11) is 6.15. The fourth-order valence-corrected chi connectivity index (χ4v) is 10.9. The molecule has 22 heteroatoms. The van der Waals surface area contributed by atoms with Gasteiger partial charge in [0.25, 0.3) is 5.91 Å². The Hall–Kier alpha value is -6.74.